The Morgan fingerprint density at radius 3 is 2.86 bits per heavy atom. The summed E-state index contributed by atoms with van der Waals surface area (Å²) in [5.74, 6) is 0.214. The molecule has 1 aromatic heterocycles. The molecule has 0 bridgehead atoms. The minimum atomic E-state index is -0.233. The van der Waals surface area contributed by atoms with E-state index in [4.69, 9.17) is 4.74 Å². The second-order valence-corrected chi connectivity index (χ2v) is 8.08. The van der Waals surface area contributed by atoms with Crippen LogP contribution in [0, 0.1) is 12.8 Å². The lowest BCUT2D eigenvalue weighted by atomic mass is 10.0. The zero-order chi connectivity index (χ0) is 19.9. The predicted molar refractivity (Wildman–Crippen MR) is 110 cm³/mol. The lowest BCUT2D eigenvalue weighted by Crippen LogP contribution is -2.39. The molecule has 1 atom stereocenters. The van der Waals surface area contributed by atoms with E-state index < -0.39 is 0 Å². The number of nitrogens with zero attached hydrogens (tertiary/aromatic N) is 2. The minimum Gasteiger partial charge on any atom is -0.385 e. The molecule has 7 heteroatoms. The standard InChI is InChI=1S/C21H34N4O3/c1-16-6-12-25(18-4-8-22-9-5-18)21(27)19(16)20(26)23-14-17-7-11-24(15-17)10-3-13-28-2/h6,12,17-18,22H,3-5,7-11,13-15H2,1-2H3,(H,23,26). The van der Waals surface area contributed by atoms with Gasteiger partial charge in [0.25, 0.3) is 11.5 Å². The fraction of sp³-hybridized carbons (Fsp3) is 0.714. The topological polar surface area (TPSA) is 75.6 Å². The van der Waals surface area contributed by atoms with E-state index in [1.54, 1.807) is 11.7 Å². The van der Waals surface area contributed by atoms with Gasteiger partial charge in [0.2, 0.25) is 0 Å². The number of carbonyl (C=O) groups is 1. The molecule has 156 valence electrons. The molecular weight excluding hydrogens is 356 g/mol. The Kier molecular flexibility index (Phi) is 7.65. The Balaban J connectivity index is 1.58. The Labute approximate surface area is 167 Å². The fourth-order valence-electron chi connectivity index (χ4n) is 4.33. The number of piperidine rings is 1. The van der Waals surface area contributed by atoms with E-state index in [9.17, 15) is 9.59 Å². The van der Waals surface area contributed by atoms with E-state index in [2.05, 4.69) is 15.5 Å². The molecule has 28 heavy (non-hydrogen) atoms. The molecule has 2 saturated heterocycles. The maximum absolute atomic E-state index is 13.0. The largest absolute Gasteiger partial charge is 0.385 e. The maximum atomic E-state index is 13.0. The summed E-state index contributed by atoms with van der Waals surface area (Å²) in [5, 5.41) is 6.34. The molecule has 0 aliphatic carbocycles. The number of amides is 1. The number of rotatable bonds is 8. The Hall–Kier alpha value is -1.70. The number of methoxy groups -OCH3 is 1. The van der Waals surface area contributed by atoms with Crippen LogP contribution in [-0.4, -0.2) is 68.4 Å². The van der Waals surface area contributed by atoms with E-state index in [-0.39, 0.29) is 17.5 Å². The van der Waals surface area contributed by atoms with E-state index in [0.717, 1.165) is 70.6 Å². The SMILES string of the molecule is COCCCN1CCC(CNC(=O)c2c(C)ccn(C3CCNCC3)c2=O)C1. The van der Waals surface area contributed by atoms with E-state index >= 15 is 0 Å². The summed E-state index contributed by atoms with van der Waals surface area (Å²) in [6.07, 6.45) is 5.81. The molecule has 3 rings (SSSR count). The van der Waals surface area contributed by atoms with Crippen LogP contribution in [0.3, 0.4) is 0 Å². The Morgan fingerprint density at radius 1 is 1.32 bits per heavy atom. The molecule has 0 saturated carbocycles. The number of aromatic nitrogens is 1. The van der Waals surface area contributed by atoms with Crippen LogP contribution >= 0.6 is 0 Å². The molecule has 2 aliphatic heterocycles. The van der Waals surface area contributed by atoms with Gasteiger partial charge in [-0.3, -0.25) is 9.59 Å². The molecule has 2 fully saturated rings. The van der Waals surface area contributed by atoms with Gasteiger partial charge < -0.3 is 24.8 Å². The summed E-state index contributed by atoms with van der Waals surface area (Å²) in [6, 6.07) is 2.07. The molecular formula is C21H34N4O3. The van der Waals surface area contributed by atoms with Gasteiger partial charge in [-0.2, -0.15) is 0 Å². The van der Waals surface area contributed by atoms with Crippen LogP contribution in [0.5, 0.6) is 0 Å². The second kappa shape index (κ2) is 10.2. The third-order valence-corrected chi connectivity index (χ3v) is 6.00. The number of ether oxygens (including phenoxy) is 1. The molecule has 1 unspecified atom stereocenters. The Bertz CT molecular complexity index is 712. The third kappa shape index (κ3) is 5.21. The van der Waals surface area contributed by atoms with Gasteiger partial charge in [0.05, 0.1) is 0 Å². The normalized spacial score (nSPS) is 21.1. The minimum absolute atomic E-state index is 0.156. The van der Waals surface area contributed by atoms with Crippen molar-refractivity contribution in [2.45, 2.75) is 38.6 Å². The monoisotopic (exact) mass is 390 g/mol. The van der Waals surface area contributed by atoms with Crippen LogP contribution in [0.15, 0.2) is 17.1 Å². The van der Waals surface area contributed by atoms with Gasteiger partial charge in [0.15, 0.2) is 0 Å². The maximum Gasteiger partial charge on any atom is 0.263 e. The van der Waals surface area contributed by atoms with Crippen LogP contribution in [-0.2, 0) is 4.74 Å². The van der Waals surface area contributed by atoms with Crippen molar-refractivity contribution < 1.29 is 9.53 Å². The van der Waals surface area contributed by atoms with Crippen LogP contribution in [0.25, 0.3) is 0 Å². The zero-order valence-electron chi connectivity index (χ0n) is 17.2. The van der Waals surface area contributed by atoms with Crippen LogP contribution in [0.1, 0.15) is 47.6 Å². The zero-order valence-corrected chi connectivity index (χ0v) is 17.2. The number of carbonyl (C=O) groups excluding carboxylic acids is 1. The highest BCUT2D eigenvalue weighted by Gasteiger charge is 2.25. The van der Waals surface area contributed by atoms with Crippen molar-refractivity contribution in [3.05, 3.63) is 33.7 Å². The molecule has 1 aromatic rings. The first-order valence-electron chi connectivity index (χ1n) is 10.5. The molecule has 0 aromatic carbocycles. The highest BCUT2D eigenvalue weighted by molar-refractivity contribution is 5.95. The second-order valence-electron chi connectivity index (χ2n) is 8.08. The van der Waals surface area contributed by atoms with Crippen molar-refractivity contribution >= 4 is 5.91 Å². The molecule has 0 radical (unpaired) electrons. The first-order valence-corrected chi connectivity index (χ1v) is 10.5. The third-order valence-electron chi connectivity index (χ3n) is 6.00. The van der Waals surface area contributed by atoms with E-state index in [1.165, 1.54) is 0 Å². The molecule has 7 nitrogen and oxygen atoms in total. The number of likely N-dealkylation sites (tertiary alicyclic amines) is 1. The van der Waals surface area contributed by atoms with E-state index in [1.807, 2.05) is 19.2 Å². The fourth-order valence-corrected chi connectivity index (χ4v) is 4.33. The number of aryl methyl sites for hydroxylation is 1. The molecule has 1 amide bonds. The van der Waals surface area contributed by atoms with Crippen LogP contribution < -0.4 is 16.2 Å². The lowest BCUT2D eigenvalue weighted by molar-refractivity contribution is 0.0944. The van der Waals surface area contributed by atoms with Crippen molar-refractivity contribution in [2.75, 3.05) is 53.0 Å². The summed E-state index contributed by atoms with van der Waals surface area (Å²) in [4.78, 5) is 28.2. The number of hydrogen-bond donors (Lipinski definition) is 2. The molecule has 2 N–H and O–H groups in total. The average molecular weight is 391 g/mol. The number of pyridine rings is 1. The van der Waals surface area contributed by atoms with Gasteiger partial charge in [0, 0.05) is 45.6 Å². The average Bonchev–Trinajstić information content (AvgIpc) is 3.15. The van der Waals surface area contributed by atoms with Crippen LogP contribution in [0.2, 0.25) is 0 Å². The van der Waals surface area contributed by atoms with Crippen molar-refractivity contribution in [2.24, 2.45) is 5.92 Å². The van der Waals surface area contributed by atoms with Gasteiger partial charge in [-0.25, -0.2) is 0 Å². The van der Waals surface area contributed by atoms with Gasteiger partial charge >= 0.3 is 0 Å². The molecule has 0 spiro atoms. The summed E-state index contributed by atoms with van der Waals surface area (Å²) in [5.41, 5.74) is 0.897. The highest BCUT2D eigenvalue weighted by Crippen LogP contribution is 2.18. The molecule has 2 aliphatic rings. The van der Waals surface area contributed by atoms with Gasteiger partial charge in [-0.05, 0) is 69.8 Å². The smallest absolute Gasteiger partial charge is 0.263 e. The number of nitrogens with one attached hydrogen (secondary N) is 2. The van der Waals surface area contributed by atoms with Crippen LogP contribution in [0.4, 0.5) is 0 Å². The summed E-state index contributed by atoms with van der Waals surface area (Å²) >= 11 is 0. The lowest BCUT2D eigenvalue weighted by Gasteiger charge is -2.25. The Morgan fingerprint density at radius 2 is 2.11 bits per heavy atom. The first-order chi connectivity index (χ1) is 13.6. The summed E-state index contributed by atoms with van der Waals surface area (Å²) < 4.78 is 6.87. The first kappa shape index (κ1) is 21.0. The summed E-state index contributed by atoms with van der Waals surface area (Å²) in [7, 11) is 1.73. The van der Waals surface area contributed by atoms with Gasteiger partial charge in [0.1, 0.15) is 5.56 Å². The quantitative estimate of drug-likeness (QED) is 0.652. The molecule has 3 heterocycles. The van der Waals surface area contributed by atoms with Crippen molar-refractivity contribution in [1.29, 1.82) is 0 Å². The van der Waals surface area contributed by atoms with Gasteiger partial charge in [-0.1, -0.05) is 0 Å². The van der Waals surface area contributed by atoms with Gasteiger partial charge in [-0.15, -0.1) is 0 Å². The van der Waals surface area contributed by atoms with Crippen molar-refractivity contribution in [3.63, 3.8) is 0 Å². The summed E-state index contributed by atoms with van der Waals surface area (Å²) in [6.45, 7) is 8.18. The predicted octanol–water partition coefficient (Wildman–Crippen LogP) is 1.17. The van der Waals surface area contributed by atoms with E-state index in [0.29, 0.717) is 18.0 Å². The van der Waals surface area contributed by atoms with Crippen molar-refractivity contribution in [1.82, 2.24) is 20.1 Å². The number of hydrogen-bond acceptors (Lipinski definition) is 5. The highest BCUT2D eigenvalue weighted by atomic mass is 16.5. The van der Waals surface area contributed by atoms with Crippen molar-refractivity contribution in [3.8, 4) is 0 Å².